The van der Waals surface area contributed by atoms with E-state index in [-0.39, 0.29) is 28.6 Å². The molecule has 0 saturated carbocycles. The van der Waals surface area contributed by atoms with Crippen LogP contribution in [0.5, 0.6) is 0 Å². The average Bonchev–Trinajstić information content (AvgIpc) is 2.78. The van der Waals surface area contributed by atoms with Gasteiger partial charge in [0.05, 0.1) is 0 Å². The number of nitrogens with zero attached hydrogens (tertiary/aromatic N) is 2. The van der Waals surface area contributed by atoms with Gasteiger partial charge in [-0.3, -0.25) is 14.5 Å². The minimum absolute atomic E-state index is 0.0277. The summed E-state index contributed by atoms with van der Waals surface area (Å²) in [5, 5.41) is 0. The van der Waals surface area contributed by atoms with Crippen molar-refractivity contribution < 1.29 is 9.59 Å². The van der Waals surface area contributed by atoms with Crippen molar-refractivity contribution in [2.75, 3.05) is 26.2 Å². The highest BCUT2D eigenvalue weighted by atomic mass is 16.2. The maximum atomic E-state index is 12.8. The number of carbonyl (C=O) groups excluding carboxylic acids is 2. The number of rotatable bonds is 12. The first-order chi connectivity index (χ1) is 13.2. The summed E-state index contributed by atoms with van der Waals surface area (Å²) in [6, 6.07) is 0. The van der Waals surface area contributed by atoms with Crippen LogP contribution < -0.4 is 0 Å². The molecule has 4 heteroatoms. The topological polar surface area (TPSA) is 40.6 Å². The van der Waals surface area contributed by atoms with Crippen molar-refractivity contribution in [1.29, 1.82) is 0 Å². The van der Waals surface area contributed by atoms with Crippen LogP contribution in [0.4, 0.5) is 0 Å². The minimum Gasteiger partial charge on any atom is -0.303 e. The van der Waals surface area contributed by atoms with Crippen LogP contribution in [0.2, 0.25) is 0 Å². The summed E-state index contributed by atoms with van der Waals surface area (Å²) in [4.78, 5) is 29.4. The first-order valence-corrected chi connectivity index (χ1v) is 11.8. The summed E-state index contributed by atoms with van der Waals surface area (Å²) in [5.41, 5.74) is 0.140. The van der Waals surface area contributed by atoms with Crippen molar-refractivity contribution in [3.8, 4) is 0 Å². The van der Waals surface area contributed by atoms with E-state index in [0.717, 1.165) is 45.3 Å². The Kier molecular flexibility index (Phi) is 9.85. The number of hydrogen-bond donors (Lipinski definition) is 0. The fourth-order valence-corrected chi connectivity index (χ4v) is 4.14. The number of unbranched alkanes of at least 4 members (excludes halogenated alkanes) is 2. The number of imide groups is 1. The Labute approximate surface area is 180 Å². The Morgan fingerprint density at radius 2 is 1.48 bits per heavy atom. The number of amides is 2. The van der Waals surface area contributed by atoms with Crippen molar-refractivity contribution in [2.45, 2.75) is 94.4 Å². The Morgan fingerprint density at radius 3 is 1.97 bits per heavy atom. The third kappa shape index (κ3) is 8.39. The van der Waals surface area contributed by atoms with Crippen LogP contribution >= 0.6 is 0 Å². The SMILES string of the molecule is CC(C)CN(CCCCCN1C(=O)CC(CC(C)(C)C(C)(C)C)C1=O)CC(C)C. The predicted octanol–water partition coefficient (Wildman–Crippen LogP) is 5.61. The lowest BCUT2D eigenvalue weighted by Crippen LogP contribution is -2.36. The summed E-state index contributed by atoms with van der Waals surface area (Å²) in [5.74, 6) is 1.33. The monoisotopic (exact) mass is 408 g/mol. The summed E-state index contributed by atoms with van der Waals surface area (Å²) in [7, 11) is 0. The molecule has 0 bridgehead atoms. The Morgan fingerprint density at radius 1 is 0.931 bits per heavy atom. The summed E-state index contributed by atoms with van der Waals surface area (Å²) >= 11 is 0. The molecular weight excluding hydrogens is 360 g/mol. The molecule has 4 nitrogen and oxygen atoms in total. The quantitative estimate of drug-likeness (QED) is 0.311. The van der Waals surface area contributed by atoms with Gasteiger partial charge in [-0.05, 0) is 48.5 Å². The van der Waals surface area contributed by atoms with E-state index in [1.54, 1.807) is 4.90 Å². The average molecular weight is 409 g/mol. The Hall–Kier alpha value is -0.900. The Bertz CT molecular complexity index is 521. The van der Waals surface area contributed by atoms with Crippen molar-refractivity contribution in [3.63, 3.8) is 0 Å². The molecule has 0 aromatic carbocycles. The molecule has 170 valence electrons. The first-order valence-electron chi connectivity index (χ1n) is 11.8. The summed E-state index contributed by atoms with van der Waals surface area (Å²) in [6.07, 6.45) is 4.31. The van der Waals surface area contributed by atoms with E-state index in [1.807, 2.05) is 0 Å². The first kappa shape index (κ1) is 26.1. The highest BCUT2D eigenvalue weighted by molar-refractivity contribution is 6.03. The van der Waals surface area contributed by atoms with Crippen molar-refractivity contribution in [2.24, 2.45) is 28.6 Å². The van der Waals surface area contributed by atoms with Gasteiger partial charge < -0.3 is 4.90 Å². The minimum atomic E-state index is -0.135. The van der Waals surface area contributed by atoms with Crippen molar-refractivity contribution >= 4 is 11.8 Å². The van der Waals surface area contributed by atoms with Gasteiger partial charge in [0, 0.05) is 32.0 Å². The molecule has 1 rings (SSSR count). The van der Waals surface area contributed by atoms with Gasteiger partial charge in [0.1, 0.15) is 0 Å². The van der Waals surface area contributed by atoms with Crippen LogP contribution in [0.25, 0.3) is 0 Å². The van der Waals surface area contributed by atoms with Crippen LogP contribution in [0.15, 0.2) is 0 Å². The molecule has 0 radical (unpaired) electrons. The van der Waals surface area contributed by atoms with Crippen LogP contribution in [0, 0.1) is 28.6 Å². The van der Waals surface area contributed by atoms with Gasteiger partial charge in [-0.25, -0.2) is 0 Å². The maximum absolute atomic E-state index is 12.8. The second kappa shape index (κ2) is 10.9. The highest BCUT2D eigenvalue weighted by Crippen LogP contribution is 2.44. The molecule has 1 atom stereocenters. The third-order valence-electron chi connectivity index (χ3n) is 6.73. The lowest BCUT2D eigenvalue weighted by molar-refractivity contribution is -0.139. The maximum Gasteiger partial charge on any atom is 0.232 e. The van der Waals surface area contributed by atoms with Crippen LogP contribution in [-0.4, -0.2) is 47.8 Å². The van der Waals surface area contributed by atoms with E-state index in [2.05, 4.69) is 67.2 Å². The lowest BCUT2D eigenvalue weighted by atomic mass is 9.65. The fraction of sp³-hybridized carbons (Fsp3) is 0.920. The Balaban J connectivity index is 2.44. The smallest absolute Gasteiger partial charge is 0.232 e. The molecule has 1 aliphatic rings. The normalized spacial score (nSPS) is 18.8. The zero-order valence-corrected chi connectivity index (χ0v) is 20.8. The van der Waals surface area contributed by atoms with Gasteiger partial charge in [0.15, 0.2) is 0 Å². The molecule has 29 heavy (non-hydrogen) atoms. The molecular formula is C25H48N2O2. The molecule has 1 aliphatic heterocycles. The molecule has 0 spiro atoms. The molecule has 0 aliphatic carbocycles. The lowest BCUT2D eigenvalue weighted by Gasteiger charge is -2.40. The fourth-order valence-electron chi connectivity index (χ4n) is 4.14. The number of hydrogen-bond acceptors (Lipinski definition) is 3. The highest BCUT2D eigenvalue weighted by Gasteiger charge is 2.43. The second-order valence-corrected chi connectivity index (χ2v) is 11.7. The number of likely N-dealkylation sites (tertiary alicyclic amines) is 1. The summed E-state index contributed by atoms with van der Waals surface area (Å²) in [6.45, 7) is 24.2. The van der Waals surface area contributed by atoms with Gasteiger partial charge in [0.25, 0.3) is 0 Å². The van der Waals surface area contributed by atoms with E-state index in [1.165, 1.54) is 0 Å². The van der Waals surface area contributed by atoms with E-state index >= 15 is 0 Å². The largest absolute Gasteiger partial charge is 0.303 e. The van der Waals surface area contributed by atoms with Gasteiger partial charge in [-0.1, -0.05) is 68.7 Å². The van der Waals surface area contributed by atoms with Gasteiger partial charge >= 0.3 is 0 Å². The number of carbonyl (C=O) groups is 2. The third-order valence-corrected chi connectivity index (χ3v) is 6.73. The van der Waals surface area contributed by atoms with E-state index in [0.29, 0.717) is 24.8 Å². The van der Waals surface area contributed by atoms with Crippen LogP contribution in [-0.2, 0) is 9.59 Å². The molecule has 1 heterocycles. The molecule has 2 amide bonds. The van der Waals surface area contributed by atoms with E-state index < -0.39 is 0 Å². The molecule has 1 fully saturated rings. The zero-order valence-electron chi connectivity index (χ0n) is 20.8. The molecule has 1 unspecified atom stereocenters. The predicted molar refractivity (Wildman–Crippen MR) is 123 cm³/mol. The van der Waals surface area contributed by atoms with Crippen LogP contribution in [0.1, 0.15) is 94.4 Å². The standard InChI is InChI=1S/C25H48N2O2/c1-19(2)17-26(18-20(3)4)13-11-10-12-14-27-22(28)15-21(23(27)29)16-25(8,9)24(5,6)7/h19-21H,10-18H2,1-9H3. The van der Waals surface area contributed by atoms with Gasteiger partial charge in [-0.2, -0.15) is 0 Å². The zero-order chi connectivity index (χ0) is 22.4. The van der Waals surface area contributed by atoms with Crippen molar-refractivity contribution in [3.05, 3.63) is 0 Å². The van der Waals surface area contributed by atoms with Gasteiger partial charge in [-0.15, -0.1) is 0 Å². The van der Waals surface area contributed by atoms with Gasteiger partial charge in [0.2, 0.25) is 11.8 Å². The second-order valence-electron chi connectivity index (χ2n) is 11.7. The van der Waals surface area contributed by atoms with Crippen LogP contribution in [0.3, 0.4) is 0 Å². The van der Waals surface area contributed by atoms with E-state index in [9.17, 15) is 9.59 Å². The molecule has 1 saturated heterocycles. The van der Waals surface area contributed by atoms with E-state index in [4.69, 9.17) is 0 Å². The molecule has 0 aromatic heterocycles. The molecule has 0 aromatic rings. The summed E-state index contributed by atoms with van der Waals surface area (Å²) < 4.78 is 0. The molecule has 0 N–H and O–H groups in total. The van der Waals surface area contributed by atoms with Crippen molar-refractivity contribution in [1.82, 2.24) is 9.80 Å².